The third-order valence-electron chi connectivity index (χ3n) is 3.46. The van der Waals surface area contributed by atoms with E-state index in [1.54, 1.807) is 19.2 Å². The van der Waals surface area contributed by atoms with Crippen molar-refractivity contribution in [2.45, 2.75) is 6.42 Å². The van der Waals surface area contributed by atoms with Crippen LogP contribution < -0.4 is 9.64 Å². The molecule has 1 atom stereocenters. The zero-order valence-electron chi connectivity index (χ0n) is 11.7. The van der Waals surface area contributed by atoms with E-state index in [0.29, 0.717) is 10.9 Å². The van der Waals surface area contributed by atoms with Gasteiger partial charge in [0.15, 0.2) is 5.13 Å². The molecular weight excluding hydrogens is 331 g/mol. The van der Waals surface area contributed by atoms with Crippen molar-refractivity contribution in [3.8, 4) is 5.75 Å². The molecule has 118 valence electrons. The number of carbonyl (C=O) groups is 1. The topological polar surface area (TPSA) is 76.6 Å². The molecule has 1 aromatic heterocycles. The molecule has 1 amide bonds. The first-order valence-corrected chi connectivity index (χ1v) is 8.90. The normalized spacial score (nSPS) is 19.1. The molecule has 0 bridgehead atoms. The maximum atomic E-state index is 12.8. The van der Waals surface area contributed by atoms with E-state index < -0.39 is 21.9 Å². The van der Waals surface area contributed by atoms with Crippen LogP contribution in [-0.2, 0) is 15.0 Å². The summed E-state index contributed by atoms with van der Waals surface area (Å²) < 4.78 is 40.2. The molecule has 1 aliphatic rings. The van der Waals surface area contributed by atoms with Gasteiger partial charge in [-0.3, -0.25) is 9.69 Å². The smallest absolute Gasteiger partial charge is 0.302 e. The summed E-state index contributed by atoms with van der Waals surface area (Å²) in [5.74, 6) is -0.714. The number of amides is 1. The van der Waals surface area contributed by atoms with Crippen molar-refractivity contribution >= 4 is 42.8 Å². The molecule has 1 unspecified atom stereocenters. The number of benzene rings is 1. The second-order valence-electron chi connectivity index (χ2n) is 5.11. The molecule has 0 saturated carbocycles. The molecule has 2 aromatic rings. The quantitative estimate of drug-likeness (QED) is 0.793. The Morgan fingerprint density at radius 3 is 2.95 bits per heavy atom. The molecule has 0 spiro atoms. The number of nitrogens with zero attached hydrogens (tertiary/aromatic N) is 2. The fourth-order valence-corrected chi connectivity index (χ4v) is 4.30. The van der Waals surface area contributed by atoms with Gasteiger partial charge >= 0.3 is 10.2 Å². The predicted molar refractivity (Wildman–Crippen MR) is 81.5 cm³/mol. The van der Waals surface area contributed by atoms with Gasteiger partial charge in [0.25, 0.3) is 0 Å². The molecule has 0 N–H and O–H groups in total. The van der Waals surface area contributed by atoms with Crippen molar-refractivity contribution in [2.75, 3.05) is 24.3 Å². The first kappa shape index (κ1) is 15.2. The number of hydrogen-bond donors (Lipinski definition) is 0. The number of halogens is 1. The third kappa shape index (κ3) is 3.05. The lowest BCUT2D eigenvalue weighted by Gasteiger charge is -2.11. The summed E-state index contributed by atoms with van der Waals surface area (Å²) in [6.07, 6.45) is 0.0163. The molecular formula is C13H13FN2O4S2. The second kappa shape index (κ2) is 5.47. The fraction of sp³-hybridized carbons (Fsp3) is 0.385. The summed E-state index contributed by atoms with van der Waals surface area (Å²) in [7, 11) is -3.02. The van der Waals surface area contributed by atoms with Gasteiger partial charge in [0.1, 0.15) is 5.75 Å². The highest BCUT2D eigenvalue weighted by Crippen LogP contribution is 2.34. The maximum absolute atomic E-state index is 12.8. The molecule has 22 heavy (non-hydrogen) atoms. The molecule has 1 fully saturated rings. The lowest BCUT2D eigenvalue weighted by molar-refractivity contribution is -0.117. The van der Waals surface area contributed by atoms with Crippen molar-refractivity contribution in [3.05, 3.63) is 18.2 Å². The molecule has 2 heterocycles. The van der Waals surface area contributed by atoms with Crippen LogP contribution in [0, 0.1) is 5.92 Å². The second-order valence-corrected chi connectivity index (χ2v) is 7.53. The zero-order chi connectivity index (χ0) is 15.9. The van der Waals surface area contributed by atoms with Crippen LogP contribution in [-0.4, -0.2) is 38.7 Å². The Bertz CT molecular complexity index is 834. The Hall–Kier alpha value is -1.74. The van der Waals surface area contributed by atoms with Crippen LogP contribution in [0.25, 0.3) is 10.2 Å². The van der Waals surface area contributed by atoms with E-state index in [0.717, 1.165) is 10.2 Å². The zero-order valence-corrected chi connectivity index (χ0v) is 13.3. The number of methoxy groups -OCH3 is 1. The monoisotopic (exact) mass is 344 g/mol. The first-order valence-electron chi connectivity index (χ1n) is 6.53. The van der Waals surface area contributed by atoms with E-state index in [2.05, 4.69) is 4.98 Å². The summed E-state index contributed by atoms with van der Waals surface area (Å²) in [6.45, 7) is 0.166. The fourth-order valence-electron chi connectivity index (χ4n) is 2.49. The lowest BCUT2D eigenvalue weighted by atomic mass is 10.1. The predicted octanol–water partition coefficient (Wildman–Crippen LogP) is 1.96. The number of ether oxygens (including phenoxy) is 1. The minimum Gasteiger partial charge on any atom is -0.497 e. The van der Waals surface area contributed by atoms with Crippen LogP contribution in [0.3, 0.4) is 0 Å². The van der Waals surface area contributed by atoms with Crippen molar-refractivity contribution in [3.63, 3.8) is 0 Å². The molecule has 3 rings (SSSR count). The summed E-state index contributed by atoms with van der Waals surface area (Å²) in [5.41, 5.74) is 0.732. The van der Waals surface area contributed by atoms with Gasteiger partial charge in [-0.25, -0.2) is 4.98 Å². The molecule has 0 aliphatic carbocycles. The summed E-state index contributed by atoms with van der Waals surface area (Å²) >= 11 is 1.32. The third-order valence-corrected chi connectivity index (χ3v) is 5.37. The highest BCUT2D eigenvalue weighted by atomic mass is 32.3. The van der Waals surface area contributed by atoms with Gasteiger partial charge in [0.05, 0.1) is 23.1 Å². The highest BCUT2D eigenvalue weighted by Gasteiger charge is 2.35. The Morgan fingerprint density at radius 1 is 1.50 bits per heavy atom. The number of carbonyl (C=O) groups excluding carboxylic acids is 1. The standard InChI is InChI=1S/C13H13FN2O4S2/c1-20-9-2-3-10-11(5-9)21-13(15-10)16-6-8(4-12(16)17)7-22(14,18)19/h2-3,5,8H,4,6-7H2,1H3. The van der Waals surface area contributed by atoms with E-state index in [1.807, 2.05) is 6.07 Å². The van der Waals surface area contributed by atoms with Crippen LogP contribution in [0.1, 0.15) is 6.42 Å². The van der Waals surface area contributed by atoms with Gasteiger partial charge in [-0.15, -0.1) is 3.89 Å². The molecule has 0 radical (unpaired) electrons. The van der Waals surface area contributed by atoms with Gasteiger partial charge in [0.2, 0.25) is 5.91 Å². The number of hydrogen-bond acceptors (Lipinski definition) is 6. The van der Waals surface area contributed by atoms with Gasteiger partial charge in [-0.05, 0) is 18.2 Å². The molecule has 1 aromatic carbocycles. The minimum absolute atomic E-state index is 0.0163. The van der Waals surface area contributed by atoms with Gasteiger partial charge in [-0.1, -0.05) is 11.3 Å². The number of fused-ring (bicyclic) bond motifs is 1. The molecule has 1 aliphatic heterocycles. The minimum atomic E-state index is -4.58. The Labute approximate surface area is 130 Å². The first-order chi connectivity index (χ1) is 10.4. The van der Waals surface area contributed by atoms with Crippen molar-refractivity contribution in [1.29, 1.82) is 0 Å². The Kier molecular flexibility index (Phi) is 3.77. The maximum Gasteiger partial charge on any atom is 0.302 e. The van der Waals surface area contributed by atoms with Crippen LogP contribution in [0.2, 0.25) is 0 Å². The van der Waals surface area contributed by atoms with Crippen molar-refractivity contribution in [1.82, 2.24) is 4.98 Å². The van der Waals surface area contributed by atoms with Crippen LogP contribution in [0.4, 0.5) is 9.02 Å². The van der Waals surface area contributed by atoms with E-state index in [1.165, 1.54) is 16.2 Å². The molecule has 9 heteroatoms. The average molecular weight is 344 g/mol. The van der Waals surface area contributed by atoms with Crippen LogP contribution >= 0.6 is 11.3 Å². The highest BCUT2D eigenvalue weighted by molar-refractivity contribution is 7.86. The van der Waals surface area contributed by atoms with Crippen molar-refractivity contribution in [2.24, 2.45) is 5.92 Å². The average Bonchev–Trinajstić information content (AvgIpc) is 2.98. The van der Waals surface area contributed by atoms with E-state index in [4.69, 9.17) is 4.74 Å². The van der Waals surface area contributed by atoms with Crippen LogP contribution in [0.15, 0.2) is 18.2 Å². The van der Waals surface area contributed by atoms with Crippen molar-refractivity contribution < 1.29 is 21.8 Å². The van der Waals surface area contributed by atoms with E-state index in [-0.39, 0.29) is 18.9 Å². The SMILES string of the molecule is COc1ccc2nc(N3CC(CS(=O)(=O)F)CC3=O)sc2c1. The number of aromatic nitrogens is 1. The van der Waals surface area contributed by atoms with Gasteiger partial charge in [0, 0.05) is 18.9 Å². The molecule has 1 saturated heterocycles. The molecule has 6 nitrogen and oxygen atoms in total. The summed E-state index contributed by atoms with van der Waals surface area (Å²) in [5, 5.41) is 0.493. The summed E-state index contributed by atoms with van der Waals surface area (Å²) in [4.78, 5) is 17.8. The number of anilines is 1. The Balaban J connectivity index is 1.86. The lowest BCUT2D eigenvalue weighted by Crippen LogP contribution is -2.25. The van der Waals surface area contributed by atoms with Gasteiger partial charge < -0.3 is 4.74 Å². The van der Waals surface area contributed by atoms with Gasteiger partial charge in [-0.2, -0.15) is 8.42 Å². The Morgan fingerprint density at radius 2 is 2.27 bits per heavy atom. The van der Waals surface area contributed by atoms with E-state index >= 15 is 0 Å². The number of thiazole rings is 1. The number of rotatable bonds is 4. The summed E-state index contributed by atoms with van der Waals surface area (Å²) in [6, 6.07) is 5.38. The van der Waals surface area contributed by atoms with Crippen LogP contribution in [0.5, 0.6) is 5.75 Å². The largest absolute Gasteiger partial charge is 0.497 e. The van der Waals surface area contributed by atoms with E-state index in [9.17, 15) is 17.1 Å².